The predicted molar refractivity (Wildman–Crippen MR) is 57.7 cm³/mol. The molecule has 0 bridgehead atoms. The van der Waals surface area contributed by atoms with Gasteiger partial charge in [-0.25, -0.2) is 0 Å². The first-order chi connectivity index (χ1) is 7.68. The van der Waals surface area contributed by atoms with Crippen molar-refractivity contribution >= 4 is 11.8 Å². The summed E-state index contributed by atoms with van der Waals surface area (Å²) in [7, 11) is 1.73. The molecule has 2 heterocycles. The molecule has 1 N–H and O–H groups in total. The van der Waals surface area contributed by atoms with E-state index in [4.69, 9.17) is 0 Å². The first-order valence-electron chi connectivity index (χ1n) is 5.14. The Labute approximate surface area is 93.5 Å². The van der Waals surface area contributed by atoms with Gasteiger partial charge in [-0.2, -0.15) is 0 Å². The van der Waals surface area contributed by atoms with Crippen molar-refractivity contribution in [2.45, 2.75) is 12.5 Å². The van der Waals surface area contributed by atoms with Crippen molar-refractivity contribution in [2.75, 3.05) is 13.6 Å². The van der Waals surface area contributed by atoms with Crippen molar-refractivity contribution in [1.82, 2.24) is 15.2 Å². The number of likely N-dealkylation sites (tertiary alicyclic amines) is 1. The van der Waals surface area contributed by atoms with E-state index in [2.05, 4.69) is 10.3 Å². The second-order valence-electron chi connectivity index (χ2n) is 3.82. The van der Waals surface area contributed by atoms with Crippen LogP contribution in [0.15, 0.2) is 24.5 Å². The third-order valence-electron chi connectivity index (χ3n) is 2.66. The number of hydrogen-bond acceptors (Lipinski definition) is 3. The largest absolute Gasteiger partial charge is 0.344 e. The highest BCUT2D eigenvalue weighted by atomic mass is 16.2. The molecule has 1 aliphatic heterocycles. The standard InChI is InChI=1S/C11H13N3O2/c1-14-6-4-9(11(14)16)13-10(15)8-3-2-5-12-7-8/h2-3,5,7,9H,4,6H2,1H3,(H,13,15)/t9-/m1/s1. The van der Waals surface area contributed by atoms with Gasteiger partial charge in [0.15, 0.2) is 0 Å². The molecule has 5 heteroatoms. The van der Waals surface area contributed by atoms with Crippen molar-refractivity contribution in [3.8, 4) is 0 Å². The van der Waals surface area contributed by atoms with Crippen LogP contribution in [0.2, 0.25) is 0 Å². The second-order valence-corrected chi connectivity index (χ2v) is 3.82. The van der Waals surface area contributed by atoms with E-state index in [-0.39, 0.29) is 11.8 Å². The molecule has 2 amide bonds. The molecule has 1 atom stereocenters. The minimum atomic E-state index is -0.391. The zero-order valence-corrected chi connectivity index (χ0v) is 9.01. The fraction of sp³-hybridized carbons (Fsp3) is 0.364. The van der Waals surface area contributed by atoms with Gasteiger partial charge in [-0.3, -0.25) is 14.6 Å². The lowest BCUT2D eigenvalue weighted by molar-refractivity contribution is -0.128. The van der Waals surface area contributed by atoms with Crippen LogP contribution >= 0.6 is 0 Å². The smallest absolute Gasteiger partial charge is 0.253 e. The molecule has 2 rings (SSSR count). The SMILES string of the molecule is CN1CC[C@@H](NC(=O)c2cccnc2)C1=O. The molecule has 0 unspecified atom stereocenters. The summed E-state index contributed by atoms with van der Waals surface area (Å²) in [5.74, 6) is -0.279. The van der Waals surface area contributed by atoms with Gasteiger partial charge in [0.25, 0.3) is 5.91 Å². The summed E-state index contributed by atoms with van der Waals surface area (Å²) in [5, 5.41) is 2.71. The number of nitrogens with one attached hydrogen (secondary N) is 1. The Morgan fingerprint density at radius 2 is 2.44 bits per heavy atom. The number of carbonyl (C=O) groups is 2. The summed E-state index contributed by atoms with van der Waals surface area (Å²) in [6.07, 6.45) is 3.76. The lowest BCUT2D eigenvalue weighted by Crippen LogP contribution is -2.40. The van der Waals surface area contributed by atoms with E-state index in [0.29, 0.717) is 18.5 Å². The molecular formula is C11H13N3O2. The van der Waals surface area contributed by atoms with Gasteiger partial charge >= 0.3 is 0 Å². The lowest BCUT2D eigenvalue weighted by atomic mass is 10.2. The van der Waals surface area contributed by atoms with Gasteiger partial charge in [0, 0.05) is 26.0 Å². The third-order valence-corrected chi connectivity index (χ3v) is 2.66. The maximum absolute atomic E-state index is 11.7. The maximum Gasteiger partial charge on any atom is 0.253 e. The van der Waals surface area contributed by atoms with E-state index < -0.39 is 6.04 Å². The van der Waals surface area contributed by atoms with Crippen LogP contribution in [0.4, 0.5) is 0 Å². The number of aromatic nitrogens is 1. The topological polar surface area (TPSA) is 62.3 Å². The van der Waals surface area contributed by atoms with Gasteiger partial charge in [-0.15, -0.1) is 0 Å². The maximum atomic E-state index is 11.7. The molecule has 5 nitrogen and oxygen atoms in total. The highest BCUT2D eigenvalue weighted by molar-refractivity contribution is 5.97. The number of rotatable bonds is 2. The van der Waals surface area contributed by atoms with Crippen LogP contribution in [0.1, 0.15) is 16.8 Å². The van der Waals surface area contributed by atoms with E-state index in [0.717, 1.165) is 0 Å². The van der Waals surface area contributed by atoms with Gasteiger partial charge in [-0.1, -0.05) is 0 Å². The number of amides is 2. The highest BCUT2D eigenvalue weighted by Crippen LogP contribution is 2.09. The van der Waals surface area contributed by atoms with Crippen molar-refractivity contribution in [3.63, 3.8) is 0 Å². The molecular weight excluding hydrogens is 206 g/mol. The van der Waals surface area contributed by atoms with Crippen LogP contribution in [-0.4, -0.2) is 41.3 Å². The fourth-order valence-electron chi connectivity index (χ4n) is 1.70. The van der Waals surface area contributed by atoms with Crippen LogP contribution in [0.3, 0.4) is 0 Å². The molecule has 0 radical (unpaired) electrons. The highest BCUT2D eigenvalue weighted by Gasteiger charge is 2.30. The Morgan fingerprint density at radius 3 is 3.00 bits per heavy atom. The number of likely N-dealkylation sites (N-methyl/N-ethyl adjacent to an activating group) is 1. The van der Waals surface area contributed by atoms with Crippen molar-refractivity contribution in [1.29, 1.82) is 0 Å². The normalized spacial score (nSPS) is 19.9. The first-order valence-corrected chi connectivity index (χ1v) is 5.14. The molecule has 1 saturated heterocycles. The third kappa shape index (κ3) is 2.03. The average molecular weight is 219 g/mol. The number of hydrogen-bond donors (Lipinski definition) is 1. The minimum Gasteiger partial charge on any atom is -0.344 e. The molecule has 1 aliphatic rings. The Balaban J connectivity index is 2.01. The van der Waals surface area contributed by atoms with E-state index in [9.17, 15) is 9.59 Å². The zero-order valence-electron chi connectivity index (χ0n) is 9.01. The monoisotopic (exact) mass is 219 g/mol. The van der Waals surface area contributed by atoms with Crippen LogP contribution in [0, 0.1) is 0 Å². The molecule has 84 valence electrons. The summed E-state index contributed by atoms with van der Waals surface area (Å²) in [5.41, 5.74) is 0.477. The summed E-state index contributed by atoms with van der Waals surface area (Å²) < 4.78 is 0. The number of nitrogens with zero attached hydrogens (tertiary/aromatic N) is 2. The predicted octanol–water partition coefficient (Wildman–Crippen LogP) is 0.0421. The van der Waals surface area contributed by atoms with E-state index in [1.165, 1.54) is 6.20 Å². The van der Waals surface area contributed by atoms with Gasteiger partial charge in [0.1, 0.15) is 6.04 Å². The van der Waals surface area contributed by atoms with Gasteiger partial charge in [0.2, 0.25) is 5.91 Å². The van der Waals surface area contributed by atoms with Crippen molar-refractivity contribution in [3.05, 3.63) is 30.1 Å². The Hall–Kier alpha value is -1.91. The first kappa shape index (κ1) is 10.6. The summed E-state index contributed by atoms with van der Waals surface area (Å²) in [4.78, 5) is 28.8. The Kier molecular flexibility index (Phi) is 2.85. The van der Waals surface area contributed by atoms with Crippen LogP contribution in [-0.2, 0) is 4.79 Å². The van der Waals surface area contributed by atoms with E-state index >= 15 is 0 Å². The van der Waals surface area contributed by atoms with Gasteiger partial charge in [0.05, 0.1) is 5.56 Å². The lowest BCUT2D eigenvalue weighted by Gasteiger charge is -2.11. The number of carbonyl (C=O) groups excluding carboxylic acids is 2. The van der Waals surface area contributed by atoms with Crippen LogP contribution in [0.25, 0.3) is 0 Å². The molecule has 1 aromatic heterocycles. The van der Waals surface area contributed by atoms with Crippen LogP contribution in [0.5, 0.6) is 0 Å². The quantitative estimate of drug-likeness (QED) is 0.764. The van der Waals surface area contributed by atoms with Crippen LogP contribution < -0.4 is 5.32 Å². The molecule has 1 aromatic rings. The molecule has 0 spiro atoms. The molecule has 16 heavy (non-hydrogen) atoms. The molecule has 0 aromatic carbocycles. The second kappa shape index (κ2) is 4.30. The van der Waals surface area contributed by atoms with E-state index in [1.54, 1.807) is 30.3 Å². The Morgan fingerprint density at radius 1 is 1.62 bits per heavy atom. The minimum absolute atomic E-state index is 0.0303. The summed E-state index contributed by atoms with van der Waals surface area (Å²) >= 11 is 0. The Bertz CT molecular complexity index is 405. The van der Waals surface area contributed by atoms with Crippen molar-refractivity contribution < 1.29 is 9.59 Å². The van der Waals surface area contributed by atoms with Crippen molar-refractivity contribution in [2.24, 2.45) is 0 Å². The summed E-state index contributed by atoms with van der Waals surface area (Å²) in [6.45, 7) is 0.691. The fourth-order valence-corrected chi connectivity index (χ4v) is 1.70. The zero-order chi connectivity index (χ0) is 11.5. The van der Waals surface area contributed by atoms with Gasteiger partial charge in [-0.05, 0) is 18.6 Å². The van der Waals surface area contributed by atoms with Gasteiger partial charge < -0.3 is 10.2 Å². The van der Waals surface area contributed by atoms with E-state index in [1.807, 2.05) is 0 Å². The molecule has 0 aliphatic carbocycles. The summed E-state index contributed by atoms with van der Waals surface area (Å²) in [6, 6.07) is 2.97. The molecule has 0 saturated carbocycles. The molecule has 1 fully saturated rings. The average Bonchev–Trinajstić information content (AvgIpc) is 2.62. The number of pyridine rings is 1.